The molecule has 0 atom stereocenters. The fourth-order valence-electron chi connectivity index (χ4n) is 2.15. The van der Waals surface area contributed by atoms with Gasteiger partial charge in [-0.05, 0) is 37.4 Å². The van der Waals surface area contributed by atoms with Crippen LogP contribution in [0.1, 0.15) is 18.4 Å². The molecule has 0 amide bonds. The second-order valence-electron chi connectivity index (χ2n) is 4.65. The highest BCUT2D eigenvalue weighted by Crippen LogP contribution is 2.27. The Hall–Kier alpha value is -1.17. The van der Waals surface area contributed by atoms with Gasteiger partial charge in [0.15, 0.2) is 0 Å². The standard InChI is InChI=1S/C12H15ClN2O3/c13-10-1-2-12(15(17)18)9(5-10)7-14-6-8-3-11(16)4-8/h1-2,5,8,11,14,16H,3-4,6-7H2. The summed E-state index contributed by atoms with van der Waals surface area (Å²) in [6, 6.07) is 4.56. The quantitative estimate of drug-likeness (QED) is 0.635. The third kappa shape index (κ3) is 3.19. The van der Waals surface area contributed by atoms with Crippen LogP contribution in [0.15, 0.2) is 18.2 Å². The lowest BCUT2D eigenvalue weighted by Gasteiger charge is -2.31. The Morgan fingerprint density at radius 3 is 2.83 bits per heavy atom. The Kier molecular flexibility index (Phi) is 4.16. The van der Waals surface area contributed by atoms with E-state index >= 15 is 0 Å². The van der Waals surface area contributed by atoms with Crippen molar-refractivity contribution in [2.45, 2.75) is 25.5 Å². The van der Waals surface area contributed by atoms with E-state index in [-0.39, 0.29) is 11.8 Å². The second-order valence-corrected chi connectivity index (χ2v) is 5.09. The molecule has 1 aromatic rings. The van der Waals surface area contributed by atoms with E-state index in [0.717, 1.165) is 19.4 Å². The Balaban J connectivity index is 1.91. The molecular weight excluding hydrogens is 256 g/mol. The third-order valence-corrected chi connectivity index (χ3v) is 3.43. The minimum Gasteiger partial charge on any atom is -0.393 e. The van der Waals surface area contributed by atoms with Crippen LogP contribution in [0.5, 0.6) is 0 Å². The molecule has 1 aliphatic carbocycles. The molecule has 2 rings (SSSR count). The number of halogens is 1. The van der Waals surface area contributed by atoms with Gasteiger partial charge in [0, 0.05) is 23.2 Å². The number of nitrogens with zero attached hydrogens (tertiary/aromatic N) is 1. The molecule has 6 heteroatoms. The zero-order valence-electron chi connectivity index (χ0n) is 9.80. The Morgan fingerprint density at radius 2 is 2.22 bits per heavy atom. The van der Waals surface area contributed by atoms with Gasteiger partial charge in [0.05, 0.1) is 11.0 Å². The Labute approximate surface area is 110 Å². The molecule has 0 radical (unpaired) electrons. The van der Waals surface area contributed by atoms with Crippen LogP contribution in [0.4, 0.5) is 5.69 Å². The van der Waals surface area contributed by atoms with Crippen molar-refractivity contribution >= 4 is 17.3 Å². The van der Waals surface area contributed by atoms with Crippen LogP contribution in [-0.4, -0.2) is 22.7 Å². The van der Waals surface area contributed by atoms with Crippen LogP contribution in [0.25, 0.3) is 0 Å². The van der Waals surface area contributed by atoms with Crippen LogP contribution in [-0.2, 0) is 6.54 Å². The second kappa shape index (κ2) is 5.65. The number of hydrogen-bond donors (Lipinski definition) is 2. The number of aliphatic hydroxyl groups excluding tert-OH is 1. The lowest BCUT2D eigenvalue weighted by Crippen LogP contribution is -2.35. The highest BCUT2D eigenvalue weighted by Gasteiger charge is 2.26. The molecule has 18 heavy (non-hydrogen) atoms. The fraction of sp³-hybridized carbons (Fsp3) is 0.500. The maximum atomic E-state index is 10.8. The summed E-state index contributed by atoms with van der Waals surface area (Å²) < 4.78 is 0. The van der Waals surface area contributed by atoms with Crippen molar-refractivity contribution in [1.82, 2.24) is 5.32 Å². The van der Waals surface area contributed by atoms with Gasteiger partial charge in [-0.3, -0.25) is 10.1 Å². The van der Waals surface area contributed by atoms with Crippen molar-refractivity contribution in [3.05, 3.63) is 38.9 Å². The summed E-state index contributed by atoms with van der Waals surface area (Å²) in [6.45, 7) is 1.18. The summed E-state index contributed by atoms with van der Waals surface area (Å²) in [5, 5.41) is 23.7. The largest absolute Gasteiger partial charge is 0.393 e. The average Bonchev–Trinajstić information content (AvgIpc) is 2.26. The Morgan fingerprint density at radius 1 is 1.50 bits per heavy atom. The average molecular weight is 271 g/mol. The number of benzene rings is 1. The van der Waals surface area contributed by atoms with Gasteiger partial charge in [0.25, 0.3) is 5.69 Å². The highest BCUT2D eigenvalue weighted by molar-refractivity contribution is 6.30. The van der Waals surface area contributed by atoms with Gasteiger partial charge in [-0.25, -0.2) is 0 Å². The molecule has 1 saturated carbocycles. The van der Waals surface area contributed by atoms with Crippen LogP contribution >= 0.6 is 11.6 Å². The van der Waals surface area contributed by atoms with Gasteiger partial charge in [-0.2, -0.15) is 0 Å². The summed E-state index contributed by atoms with van der Waals surface area (Å²) in [5.41, 5.74) is 0.674. The molecule has 2 N–H and O–H groups in total. The summed E-state index contributed by atoms with van der Waals surface area (Å²) in [4.78, 5) is 10.4. The molecule has 0 aromatic heterocycles. The number of nitro benzene ring substituents is 1. The van der Waals surface area contributed by atoms with E-state index in [1.807, 2.05) is 0 Å². The van der Waals surface area contributed by atoms with Crippen molar-refractivity contribution in [3.8, 4) is 0 Å². The molecule has 1 aliphatic rings. The minimum atomic E-state index is -0.402. The zero-order valence-corrected chi connectivity index (χ0v) is 10.6. The topological polar surface area (TPSA) is 75.4 Å². The van der Waals surface area contributed by atoms with Gasteiger partial charge in [-0.1, -0.05) is 11.6 Å². The lowest BCUT2D eigenvalue weighted by atomic mass is 9.82. The van der Waals surface area contributed by atoms with Crippen LogP contribution in [0.2, 0.25) is 5.02 Å². The summed E-state index contributed by atoms with van der Waals surface area (Å²) in [5.74, 6) is 0.471. The first-order chi connectivity index (χ1) is 8.56. The number of nitrogens with one attached hydrogen (secondary N) is 1. The maximum absolute atomic E-state index is 10.8. The monoisotopic (exact) mass is 270 g/mol. The molecule has 5 nitrogen and oxygen atoms in total. The van der Waals surface area contributed by atoms with E-state index in [2.05, 4.69) is 5.32 Å². The summed E-state index contributed by atoms with van der Waals surface area (Å²) in [6.07, 6.45) is 1.45. The summed E-state index contributed by atoms with van der Waals surface area (Å²) in [7, 11) is 0. The first-order valence-electron chi connectivity index (χ1n) is 5.88. The molecule has 1 aromatic carbocycles. The number of aliphatic hydroxyl groups is 1. The normalized spacial score (nSPS) is 22.6. The van der Waals surface area contributed by atoms with Gasteiger partial charge in [0.1, 0.15) is 0 Å². The van der Waals surface area contributed by atoms with Crippen molar-refractivity contribution in [1.29, 1.82) is 0 Å². The van der Waals surface area contributed by atoms with E-state index in [1.54, 1.807) is 6.07 Å². The van der Waals surface area contributed by atoms with Gasteiger partial charge in [-0.15, -0.1) is 0 Å². The number of rotatable bonds is 5. The Bertz CT molecular complexity index is 447. The van der Waals surface area contributed by atoms with Crippen molar-refractivity contribution in [2.24, 2.45) is 5.92 Å². The zero-order chi connectivity index (χ0) is 13.1. The molecule has 0 aliphatic heterocycles. The molecule has 1 fully saturated rings. The molecule has 0 unspecified atom stereocenters. The van der Waals surface area contributed by atoms with E-state index < -0.39 is 4.92 Å². The summed E-state index contributed by atoms with van der Waals surface area (Å²) >= 11 is 5.84. The van der Waals surface area contributed by atoms with Gasteiger partial charge in [0.2, 0.25) is 0 Å². The first-order valence-corrected chi connectivity index (χ1v) is 6.25. The lowest BCUT2D eigenvalue weighted by molar-refractivity contribution is -0.385. The molecule has 0 saturated heterocycles. The predicted octanol–water partition coefficient (Wildman–Crippen LogP) is 2.11. The minimum absolute atomic E-state index is 0.0838. The van der Waals surface area contributed by atoms with Gasteiger partial charge < -0.3 is 10.4 Å². The van der Waals surface area contributed by atoms with Crippen molar-refractivity contribution < 1.29 is 10.0 Å². The third-order valence-electron chi connectivity index (χ3n) is 3.20. The van der Waals surface area contributed by atoms with E-state index in [4.69, 9.17) is 16.7 Å². The molecule has 0 spiro atoms. The fourth-order valence-corrected chi connectivity index (χ4v) is 2.35. The molecular formula is C12H15ClN2O3. The van der Waals surface area contributed by atoms with Crippen LogP contribution in [0, 0.1) is 16.0 Å². The van der Waals surface area contributed by atoms with Crippen LogP contribution in [0.3, 0.4) is 0 Å². The van der Waals surface area contributed by atoms with Crippen molar-refractivity contribution in [3.63, 3.8) is 0 Å². The van der Waals surface area contributed by atoms with Gasteiger partial charge >= 0.3 is 0 Å². The molecule has 0 heterocycles. The molecule has 0 bridgehead atoms. The van der Waals surface area contributed by atoms with Crippen molar-refractivity contribution in [2.75, 3.05) is 6.54 Å². The predicted molar refractivity (Wildman–Crippen MR) is 68.5 cm³/mol. The van der Waals surface area contributed by atoms with E-state index in [1.165, 1.54) is 12.1 Å². The molecule has 98 valence electrons. The van der Waals surface area contributed by atoms with E-state index in [9.17, 15) is 10.1 Å². The number of nitro groups is 1. The SMILES string of the molecule is O=[N+]([O-])c1ccc(Cl)cc1CNCC1CC(O)C1. The first kappa shape index (κ1) is 13.3. The maximum Gasteiger partial charge on any atom is 0.273 e. The highest BCUT2D eigenvalue weighted by atomic mass is 35.5. The smallest absolute Gasteiger partial charge is 0.273 e. The van der Waals surface area contributed by atoms with E-state index in [0.29, 0.717) is 23.0 Å². The van der Waals surface area contributed by atoms with Crippen LogP contribution < -0.4 is 5.32 Å². The number of hydrogen-bond acceptors (Lipinski definition) is 4.